The minimum Gasteiger partial charge on any atom is -0.387 e. The molecule has 2 aliphatic heterocycles. The van der Waals surface area contributed by atoms with Crippen molar-refractivity contribution < 1.29 is 9.84 Å². The lowest BCUT2D eigenvalue weighted by atomic mass is 10.0. The van der Waals surface area contributed by atoms with E-state index in [0.717, 1.165) is 32.4 Å². The molecule has 2 heterocycles. The average molecular weight is 256 g/mol. The summed E-state index contributed by atoms with van der Waals surface area (Å²) in [5, 5.41) is 13.3. The van der Waals surface area contributed by atoms with Crippen LogP contribution in [0.5, 0.6) is 0 Å². The number of nitrogens with two attached hydrogens (primary N) is 1. The van der Waals surface area contributed by atoms with Crippen LogP contribution in [0.4, 0.5) is 0 Å². The smallest absolute Gasteiger partial charge is 0.188 e. The molecular weight excluding hydrogens is 232 g/mol. The Morgan fingerprint density at radius 3 is 3.11 bits per heavy atom. The van der Waals surface area contributed by atoms with Gasteiger partial charge >= 0.3 is 0 Å². The van der Waals surface area contributed by atoms with Crippen molar-refractivity contribution >= 4 is 5.96 Å². The van der Waals surface area contributed by atoms with E-state index in [4.69, 9.17) is 10.5 Å². The number of nitrogens with one attached hydrogen (secondary N) is 1. The summed E-state index contributed by atoms with van der Waals surface area (Å²) in [6.45, 7) is 3.48. The number of aliphatic hydroxyl groups is 1. The fraction of sp³-hybridized carbons (Fsp3) is 0.917. The second-order valence-corrected chi connectivity index (χ2v) is 5.43. The van der Waals surface area contributed by atoms with Crippen LogP contribution in [0.2, 0.25) is 0 Å². The highest BCUT2D eigenvalue weighted by Crippen LogP contribution is 2.19. The molecular formula is C12H24N4O2. The molecule has 0 aromatic heterocycles. The van der Waals surface area contributed by atoms with Gasteiger partial charge in [0.05, 0.1) is 18.2 Å². The highest BCUT2D eigenvalue weighted by Gasteiger charge is 2.34. The van der Waals surface area contributed by atoms with E-state index >= 15 is 0 Å². The van der Waals surface area contributed by atoms with Crippen LogP contribution in [0.25, 0.3) is 0 Å². The third-order valence-electron chi connectivity index (χ3n) is 3.60. The molecule has 0 aromatic rings. The minimum absolute atomic E-state index is 0.249. The normalized spacial score (nSPS) is 34.1. The van der Waals surface area contributed by atoms with Gasteiger partial charge in [-0.1, -0.05) is 0 Å². The first-order valence-electron chi connectivity index (χ1n) is 6.64. The zero-order valence-corrected chi connectivity index (χ0v) is 11.1. The maximum absolute atomic E-state index is 10.2. The Hall–Kier alpha value is -0.850. The van der Waals surface area contributed by atoms with E-state index in [1.54, 1.807) is 0 Å². The molecule has 0 amide bonds. The van der Waals surface area contributed by atoms with Crippen molar-refractivity contribution in [3.63, 3.8) is 0 Å². The van der Waals surface area contributed by atoms with Gasteiger partial charge in [-0.15, -0.1) is 0 Å². The molecule has 0 aliphatic carbocycles. The van der Waals surface area contributed by atoms with E-state index in [9.17, 15) is 5.11 Å². The zero-order chi connectivity index (χ0) is 13.0. The molecule has 0 aromatic carbocycles. The van der Waals surface area contributed by atoms with Gasteiger partial charge in [-0.25, -0.2) is 0 Å². The SMILES string of the molecule is CN1CCC(O)(CN=C(N)NCC2CCCO2)C1. The third kappa shape index (κ3) is 3.83. The standard InChI is InChI=1S/C12H24N4O2/c1-16-5-4-12(17,9-16)8-15-11(13)14-7-10-3-2-6-18-10/h10,17H,2-9H2,1H3,(H3,13,14,15). The van der Waals surface area contributed by atoms with Gasteiger partial charge in [0.1, 0.15) is 0 Å². The number of nitrogens with zero attached hydrogens (tertiary/aromatic N) is 2. The summed E-state index contributed by atoms with van der Waals surface area (Å²) >= 11 is 0. The van der Waals surface area contributed by atoms with Gasteiger partial charge in [0.25, 0.3) is 0 Å². The number of likely N-dealkylation sites (N-methyl/N-ethyl adjacent to an activating group) is 1. The van der Waals surface area contributed by atoms with Crippen LogP contribution in [0.15, 0.2) is 4.99 Å². The van der Waals surface area contributed by atoms with Crippen molar-refractivity contribution in [1.82, 2.24) is 10.2 Å². The molecule has 2 saturated heterocycles. The molecule has 18 heavy (non-hydrogen) atoms. The molecule has 0 radical (unpaired) electrons. The molecule has 6 nitrogen and oxygen atoms in total. The molecule has 104 valence electrons. The number of aliphatic imine (C=N–C) groups is 1. The summed E-state index contributed by atoms with van der Waals surface area (Å²) in [5.41, 5.74) is 5.06. The van der Waals surface area contributed by atoms with Crippen molar-refractivity contribution in [1.29, 1.82) is 0 Å². The maximum atomic E-state index is 10.2. The monoisotopic (exact) mass is 256 g/mol. The van der Waals surface area contributed by atoms with Crippen LogP contribution in [0.1, 0.15) is 19.3 Å². The highest BCUT2D eigenvalue weighted by atomic mass is 16.5. The summed E-state index contributed by atoms with van der Waals surface area (Å²) in [4.78, 5) is 6.33. The van der Waals surface area contributed by atoms with E-state index in [0.29, 0.717) is 25.6 Å². The molecule has 2 unspecified atom stereocenters. The first-order chi connectivity index (χ1) is 8.57. The number of β-amino-alcohol motifs (C(OH)–C–C–N with tert-alkyl or cyclic N) is 1. The maximum Gasteiger partial charge on any atom is 0.188 e. The van der Waals surface area contributed by atoms with E-state index in [1.807, 2.05) is 7.05 Å². The number of hydrogen-bond donors (Lipinski definition) is 3. The molecule has 2 atom stereocenters. The van der Waals surface area contributed by atoms with Crippen LogP contribution in [-0.2, 0) is 4.74 Å². The Kier molecular flexibility index (Phi) is 4.42. The Bertz CT molecular complexity index is 304. The van der Waals surface area contributed by atoms with E-state index in [-0.39, 0.29) is 6.10 Å². The van der Waals surface area contributed by atoms with Crippen LogP contribution in [-0.4, -0.2) is 67.5 Å². The van der Waals surface area contributed by atoms with Gasteiger partial charge in [0.15, 0.2) is 5.96 Å². The third-order valence-corrected chi connectivity index (χ3v) is 3.60. The van der Waals surface area contributed by atoms with Gasteiger partial charge < -0.3 is 25.8 Å². The van der Waals surface area contributed by atoms with Crippen molar-refractivity contribution in [2.24, 2.45) is 10.7 Å². The second-order valence-electron chi connectivity index (χ2n) is 5.43. The number of guanidine groups is 1. The van der Waals surface area contributed by atoms with Crippen LogP contribution >= 0.6 is 0 Å². The largest absolute Gasteiger partial charge is 0.387 e. The summed E-state index contributed by atoms with van der Waals surface area (Å²) in [6.07, 6.45) is 3.20. The Morgan fingerprint density at radius 2 is 2.50 bits per heavy atom. The lowest BCUT2D eigenvalue weighted by molar-refractivity contribution is 0.0614. The average Bonchev–Trinajstić information content (AvgIpc) is 2.95. The number of rotatable bonds is 4. The van der Waals surface area contributed by atoms with E-state index in [1.165, 1.54) is 0 Å². The lowest BCUT2D eigenvalue weighted by Gasteiger charge is -2.20. The first kappa shape index (κ1) is 13.6. The molecule has 0 saturated carbocycles. The summed E-state index contributed by atoms with van der Waals surface area (Å²) in [5.74, 6) is 0.397. The van der Waals surface area contributed by atoms with E-state index < -0.39 is 5.60 Å². The van der Waals surface area contributed by atoms with Gasteiger partial charge in [0.2, 0.25) is 0 Å². The highest BCUT2D eigenvalue weighted by molar-refractivity contribution is 5.77. The molecule has 2 aliphatic rings. The van der Waals surface area contributed by atoms with Gasteiger partial charge in [-0.3, -0.25) is 4.99 Å². The van der Waals surface area contributed by atoms with E-state index in [2.05, 4.69) is 15.2 Å². The van der Waals surface area contributed by atoms with Crippen molar-refractivity contribution in [3.05, 3.63) is 0 Å². The number of ether oxygens (including phenoxy) is 1. The Labute approximate surface area is 108 Å². The fourth-order valence-corrected chi connectivity index (χ4v) is 2.50. The number of hydrogen-bond acceptors (Lipinski definition) is 4. The van der Waals surface area contributed by atoms with Gasteiger partial charge in [-0.05, 0) is 26.3 Å². The van der Waals surface area contributed by atoms with Crippen LogP contribution in [0, 0.1) is 0 Å². The minimum atomic E-state index is -0.717. The predicted octanol–water partition coefficient (Wildman–Crippen LogP) is -0.864. The summed E-state index contributed by atoms with van der Waals surface area (Å²) in [6, 6.07) is 0. The van der Waals surface area contributed by atoms with Crippen molar-refractivity contribution in [2.45, 2.75) is 31.0 Å². The van der Waals surface area contributed by atoms with Gasteiger partial charge in [-0.2, -0.15) is 0 Å². The quantitative estimate of drug-likeness (QED) is 0.450. The van der Waals surface area contributed by atoms with Crippen molar-refractivity contribution in [2.75, 3.05) is 39.8 Å². The molecule has 6 heteroatoms. The van der Waals surface area contributed by atoms with Gasteiger partial charge in [0, 0.05) is 26.2 Å². The Morgan fingerprint density at radius 1 is 1.67 bits per heavy atom. The lowest BCUT2D eigenvalue weighted by Crippen LogP contribution is -2.40. The predicted molar refractivity (Wildman–Crippen MR) is 70.5 cm³/mol. The fourth-order valence-electron chi connectivity index (χ4n) is 2.50. The molecule has 2 fully saturated rings. The van der Waals surface area contributed by atoms with Crippen LogP contribution < -0.4 is 11.1 Å². The molecule has 4 N–H and O–H groups in total. The second kappa shape index (κ2) is 5.86. The molecule has 0 spiro atoms. The Balaban J connectivity index is 1.71. The zero-order valence-electron chi connectivity index (χ0n) is 11.1. The topological polar surface area (TPSA) is 83.1 Å². The number of likely N-dealkylation sites (tertiary alicyclic amines) is 1. The summed E-state index contributed by atoms with van der Waals surface area (Å²) in [7, 11) is 2.00. The van der Waals surface area contributed by atoms with Crippen molar-refractivity contribution in [3.8, 4) is 0 Å². The first-order valence-corrected chi connectivity index (χ1v) is 6.64. The molecule has 2 rings (SSSR count). The summed E-state index contributed by atoms with van der Waals surface area (Å²) < 4.78 is 5.49. The molecule has 0 bridgehead atoms. The van der Waals surface area contributed by atoms with Crippen LogP contribution in [0.3, 0.4) is 0 Å².